The number of nitrogens with zero attached hydrogens (tertiary/aromatic N) is 2. The van der Waals surface area contributed by atoms with Crippen LogP contribution in [0.5, 0.6) is 5.75 Å². The predicted molar refractivity (Wildman–Crippen MR) is 149 cm³/mol. The van der Waals surface area contributed by atoms with Gasteiger partial charge < -0.3 is 14.7 Å². The van der Waals surface area contributed by atoms with Gasteiger partial charge in [-0.15, -0.1) is 11.3 Å². The average Bonchev–Trinajstić information content (AvgIpc) is 3.47. The first-order valence-electron chi connectivity index (χ1n) is 12.3. The zero-order valence-corrected chi connectivity index (χ0v) is 24.5. The molecule has 2 heterocycles. The number of carbonyl (C=O) groups is 1. The molecule has 2 N–H and O–H groups in total. The maximum atomic E-state index is 13.6. The minimum absolute atomic E-state index is 0.0626. The van der Waals surface area contributed by atoms with Gasteiger partial charge in [0.25, 0.3) is 15.9 Å². The molecule has 0 saturated heterocycles. The van der Waals surface area contributed by atoms with Crippen molar-refractivity contribution in [1.82, 2.24) is 9.21 Å². The van der Waals surface area contributed by atoms with Gasteiger partial charge in [-0.05, 0) is 60.8 Å². The lowest BCUT2D eigenvalue weighted by Crippen LogP contribution is -2.50. The first kappa shape index (κ1) is 29.9. The number of amides is 1. The van der Waals surface area contributed by atoms with Crippen LogP contribution in [0.15, 0.2) is 69.1 Å². The number of likely N-dealkylation sites (N-methyl/N-ethyl adjacent to an activating group) is 1. The van der Waals surface area contributed by atoms with Crippen molar-refractivity contribution in [2.24, 2.45) is 5.92 Å². The summed E-state index contributed by atoms with van der Waals surface area (Å²) in [5, 5.41) is 11.5. The van der Waals surface area contributed by atoms with E-state index >= 15 is 0 Å². The molecule has 14 heteroatoms. The maximum Gasteiger partial charge on any atom is 0.271 e. The van der Waals surface area contributed by atoms with Crippen LogP contribution in [-0.2, 0) is 20.0 Å². The van der Waals surface area contributed by atoms with Gasteiger partial charge in [0.15, 0.2) is 0 Å². The van der Waals surface area contributed by atoms with Gasteiger partial charge in [-0.3, -0.25) is 9.52 Å². The molecule has 1 aliphatic heterocycles. The summed E-state index contributed by atoms with van der Waals surface area (Å²) in [6.45, 7) is 3.21. The number of halogens is 1. The highest BCUT2D eigenvalue weighted by atomic mass is 32.2. The number of anilines is 1. The van der Waals surface area contributed by atoms with E-state index in [2.05, 4.69) is 4.72 Å². The fraction of sp³-hybridized carbons (Fsp3) is 0.346. The molecule has 0 fully saturated rings. The molecule has 0 aliphatic carbocycles. The largest absolute Gasteiger partial charge is 0.488 e. The van der Waals surface area contributed by atoms with Gasteiger partial charge in [0.05, 0.1) is 29.7 Å². The summed E-state index contributed by atoms with van der Waals surface area (Å²) in [6, 6.07) is 11.3. The molecule has 0 saturated carbocycles. The van der Waals surface area contributed by atoms with E-state index in [4.69, 9.17) is 4.74 Å². The van der Waals surface area contributed by atoms with Crippen LogP contribution >= 0.6 is 11.3 Å². The van der Waals surface area contributed by atoms with Crippen molar-refractivity contribution >= 4 is 43.0 Å². The van der Waals surface area contributed by atoms with Gasteiger partial charge in [0.2, 0.25) is 10.0 Å². The lowest BCUT2D eigenvalue weighted by atomic mass is 9.99. The Balaban J connectivity index is 1.68. The third-order valence-corrected chi connectivity index (χ3v) is 11.3. The number of fused-ring (bicyclic) bond motifs is 1. The lowest BCUT2D eigenvalue weighted by molar-refractivity contribution is 0.0387. The maximum absolute atomic E-state index is 13.6. The molecule has 0 radical (unpaired) electrons. The van der Waals surface area contributed by atoms with Gasteiger partial charge in [-0.2, -0.15) is 4.31 Å². The number of hydrogen-bond donors (Lipinski definition) is 2. The quantitative estimate of drug-likeness (QED) is 0.380. The number of thiophene rings is 1. The van der Waals surface area contributed by atoms with Crippen LogP contribution in [0.2, 0.25) is 0 Å². The van der Waals surface area contributed by atoms with E-state index in [-0.39, 0.29) is 51.7 Å². The molecular weight excluding hydrogens is 581 g/mol. The molecule has 0 spiro atoms. The Morgan fingerprint density at radius 3 is 2.50 bits per heavy atom. The molecule has 216 valence electrons. The zero-order valence-electron chi connectivity index (χ0n) is 22.0. The topological polar surface area (TPSA) is 133 Å². The summed E-state index contributed by atoms with van der Waals surface area (Å²) in [4.78, 5) is 15.0. The highest BCUT2D eigenvalue weighted by Crippen LogP contribution is 2.32. The van der Waals surface area contributed by atoms with E-state index in [0.29, 0.717) is 0 Å². The second-order valence-electron chi connectivity index (χ2n) is 9.61. The number of sulfonamides is 2. The molecule has 10 nitrogen and oxygen atoms in total. The van der Waals surface area contributed by atoms with Gasteiger partial charge >= 0.3 is 0 Å². The Morgan fingerprint density at radius 2 is 1.88 bits per heavy atom. The molecule has 3 atom stereocenters. The first-order valence-corrected chi connectivity index (χ1v) is 16.1. The highest BCUT2D eigenvalue weighted by molar-refractivity contribution is 7.94. The van der Waals surface area contributed by atoms with Crippen molar-refractivity contribution in [2.45, 2.75) is 35.1 Å². The number of ether oxygens (including phenoxy) is 1. The van der Waals surface area contributed by atoms with E-state index in [1.807, 2.05) is 6.92 Å². The molecule has 0 bridgehead atoms. The second kappa shape index (κ2) is 11.8. The molecular formula is C26H30FN3O7S3. The standard InChI is InChI=1S/C26H30FN3O7S3/c1-17-14-30(18(2)16-31)26(32)22-13-20(28-39(33,34)25-5-4-12-38-25)8-11-23(22)37-24(17)15-29(3)40(35,36)21-9-6-19(27)7-10-21/h4-13,17-18,24,28,31H,14-16H2,1-3H3/t17-,18+,24+/m0/s1. The van der Waals surface area contributed by atoms with Crippen LogP contribution in [0.1, 0.15) is 24.2 Å². The number of rotatable bonds is 9. The minimum Gasteiger partial charge on any atom is -0.488 e. The molecule has 2 aromatic carbocycles. The van der Waals surface area contributed by atoms with E-state index in [1.165, 1.54) is 48.3 Å². The minimum atomic E-state index is -3.98. The molecule has 1 aromatic heterocycles. The smallest absolute Gasteiger partial charge is 0.271 e. The van der Waals surface area contributed by atoms with Gasteiger partial charge in [-0.1, -0.05) is 13.0 Å². The van der Waals surface area contributed by atoms with Crippen molar-refractivity contribution in [3.63, 3.8) is 0 Å². The summed E-state index contributed by atoms with van der Waals surface area (Å²) in [5.74, 6) is -1.25. The number of nitrogens with one attached hydrogen (secondary N) is 1. The van der Waals surface area contributed by atoms with Crippen LogP contribution in [0.25, 0.3) is 0 Å². The van der Waals surface area contributed by atoms with Crippen LogP contribution in [0.4, 0.5) is 10.1 Å². The number of hydrogen-bond acceptors (Lipinski definition) is 8. The van der Waals surface area contributed by atoms with Crippen molar-refractivity contribution in [1.29, 1.82) is 0 Å². The lowest BCUT2D eigenvalue weighted by Gasteiger charge is -2.38. The molecule has 40 heavy (non-hydrogen) atoms. The monoisotopic (exact) mass is 611 g/mol. The Labute approximate surface area is 237 Å². The fourth-order valence-corrected chi connectivity index (χ4v) is 7.49. The Kier molecular flexibility index (Phi) is 8.85. The van der Waals surface area contributed by atoms with Crippen molar-refractivity contribution in [3.05, 3.63) is 71.4 Å². The van der Waals surface area contributed by atoms with Gasteiger partial charge in [-0.25, -0.2) is 21.2 Å². The van der Waals surface area contributed by atoms with Gasteiger partial charge in [0.1, 0.15) is 21.9 Å². The highest BCUT2D eigenvalue weighted by Gasteiger charge is 2.35. The summed E-state index contributed by atoms with van der Waals surface area (Å²) in [5.41, 5.74) is 0.203. The van der Waals surface area contributed by atoms with Crippen LogP contribution in [0.3, 0.4) is 0 Å². The average molecular weight is 612 g/mol. The number of carbonyl (C=O) groups excluding carboxylic acids is 1. The first-order chi connectivity index (χ1) is 18.8. The van der Waals surface area contributed by atoms with Crippen LogP contribution in [0, 0.1) is 11.7 Å². The SMILES string of the molecule is C[C@H](CO)N1C[C@H](C)[C@@H](CN(C)S(=O)(=O)c2ccc(F)cc2)Oc2ccc(NS(=O)(=O)c3cccs3)cc2C1=O. The molecule has 1 amide bonds. The molecule has 3 aromatic rings. The normalized spacial score (nSPS) is 18.9. The Morgan fingerprint density at radius 1 is 1.18 bits per heavy atom. The number of benzene rings is 2. The third kappa shape index (κ3) is 6.31. The van der Waals surface area contributed by atoms with E-state index in [0.717, 1.165) is 27.8 Å². The van der Waals surface area contributed by atoms with Crippen LogP contribution in [-0.4, -0.2) is 75.9 Å². The third-order valence-electron chi connectivity index (χ3n) is 6.64. The van der Waals surface area contributed by atoms with Crippen LogP contribution < -0.4 is 9.46 Å². The van der Waals surface area contributed by atoms with E-state index < -0.39 is 43.9 Å². The summed E-state index contributed by atoms with van der Waals surface area (Å²) < 4.78 is 75.1. The second-order valence-corrected chi connectivity index (χ2v) is 14.5. The van der Waals surface area contributed by atoms with Crippen molar-refractivity contribution < 1.29 is 35.9 Å². The van der Waals surface area contributed by atoms with Gasteiger partial charge in [0, 0.05) is 25.2 Å². The number of aliphatic hydroxyl groups excluding tert-OH is 1. The fourth-order valence-electron chi connectivity index (χ4n) is 4.26. The van der Waals surface area contributed by atoms with Crippen molar-refractivity contribution in [2.75, 3.05) is 31.5 Å². The summed E-state index contributed by atoms with van der Waals surface area (Å²) in [7, 11) is -6.48. The Hall–Kier alpha value is -3.04. The van der Waals surface area contributed by atoms with E-state index in [1.54, 1.807) is 18.4 Å². The summed E-state index contributed by atoms with van der Waals surface area (Å²) in [6.07, 6.45) is -0.728. The molecule has 4 rings (SSSR count). The molecule has 0 unspecified atom stereocenters. The zero-order chi connectivity index (χ0) is 29.2. The van der Waals surface area contributed by atoms with E-state index in [9.17, 15) is 31.1 Å². The predicted octanol–water partition coefficient (Wildman–Crippen LogP) is 3.23. The summed E-state index contributed by atoms with van der Waals surface area (Å²) >= 11 is 1.05. The molecule has 1 aliphatic rings. The Bertz CT molecular complexity index is 1560. The number of aliphatic hydroxyl groups is 1. The van der Waals surface area contributed by atoms with Crippen molar-refractivity contribution in [3.8, 4) is 5.75 Å².